The normalized spacial score (nSPS) is 14.1. The van der Waals surface area contributed by atoms with E-state index in [9.17, 15) is 9.59 Å². The Morgan fingerprint density at radius 2 is 1.75 bits per heavy atom. The van der Waals surface area contributed by atoms with Crippen LogP contribution < -0.4 is 5.32 Å². The van der Waals surface area contributed by atoms with E-state index in [0.717, 1.165) is 16.0 Å². The van der Waals surface area contributed by atoms with Gasteiger partial charge in [0.25, 0.3) is 11.8 Å². The number of halogens is 1. The van der Waals surface area contributed by atoms with Gasteiger partial charge in [0.15, 0.2) is 0 Å². The minimum Gasteiger partial charge on any atom is -0.395 e. The number of amides is 2. The molecule has 2 N–H and O–H groups in total. The summed E-state index contributed by atoms with van der Waals surface area (Å²) >= 11 is 6.02. The molecule has 0 fully saturated rings. The van der Waals surface area contributed by atoms with Gasteiger partial charge >= 0.3 is 0 Å². The van der Waals surface area contributed by atoms with Gasteiger partial charge in [-0.1, -0.05) is 35.9 Å². The van der Waals surface area contributed by atoms with Gasteiger partial charge in [-0.2, -0.15) is 0 Å². The van der Waals surface area contributed by atoms with E-state index >= 15 is 0 Å². The Balaban J connectivity index is 1.82. The van der Waals surface area contributed by atoms with E-state index in [1.165, 1.54) is 6.08 Å². The van der Waals surface area contributed by atoms with Gasteiger partial charge in [0.05, 0.1) is 13.2 Å². The van der Waals surface area contributed by atoms with E-state index in [1.54, 1.807) is 12.1 Å². The molecule has 0 saturated heterocycles. The molecule has 0 aromatic heterocycles. The van der Waals surface area contributed by atoms with E-state index in [4.69, 9.17) is 16.7 Å². The van der Waals surface area contributed by atoms with Crippen molar-refractivity contribution in [2.75, 3.05) is 18.5 Å². The molecule has 6 heteroatoms. The van der Waals surface area contributed by atoms with Gasteiger partial charge in [-0.3, -0.25) is 14.5 Å². The molecule has 122 valence electrons. The van der Waals surface area contributed by atoms with Gasteiger partial charge in [-0.05, 0) is 35.4 Å². The Bertz CT molecular complexity index is 833. The standard InChI is InChI=1S/C18H15ClN2O3/c19-14-5-1-3-12(9-14)13-4-2-6-15(10-13)20-16-11-17(23)21(7-8-22)18(16)24/h1-6,9-11,20,22H,7-8H2. The van der Waals surface area contributed by atoms with Crippen LogP contribution in [0.2, 0.25) is 5.02 Å². The lowest BCUT2D eigenvalue weighted by Crippen LogP contribution is -2.34. The summed E-state index contributed by atoms with van der Waals surface area (Å²) in [6.45, 7) is -0.273. The van der Waals surface area contributed by atoms with Crippen molar-refractivity contribution < 1.29 is 14.7 Å². The summed E-state index contributed by atoms with van der Waals surface area (Å²) in [4.78, 5) is 24.9. The molecule has 0 aliphatic carbocycles. The van der Waals surface area contributed by atoms with Crippen molar-refractivity contribution in [2.45, 2.75) is 0 Å². The summed E-state index contributed by atoms with van der Waals surface area (Å²) < 4.78 is 0. The number of hydrogen-bond acceptors (Lipinski definition) is 4. The fourth-order valence-electron chi connectivity index (χ4n) is 2.51. The number of β-amino-alcohol motifs (C(OH)–C–C–N with tert-alkyl or cyclic N) is 1. The van der Waals surface area contributed by atoms with Crippen LogP contribution in [0.15, 0.2) is 60.3 Å². The van der Waals surface area contributed by atoms with Crippen LogP contribution >= 0.6 is 11.6 Å². The van der Waals surface area contributed by atoms with E-state index in [0.29, 0.717) is 10.7 Å². The molecule has 0 unspecified atom stereocenters. The Kier molecular flexibility index (Phi) is 4.64. The largest absolute Gasteiger partial charge is 0.395 e. The summed E-state index contributed by atoms with van der Waals surface area (Å²) in [6, 6.07) is 14.9. The number of hydrogen-bond donors (Lipinski definition) is 2. The topological polar surface area (TPSA) is 69.6 Å². The second kappa shape index (κ2) is 6.86. The number of benzene rings is 2. The molecule has 24 heavy (non-hydrogen) atoms. The SMILES string of the molecule is O=C1C=C(Nc2cccc(-c3cccc(Cl)c3)c2)C(=O)N1CCO. The quantitative estimate of drug-likeness (QED) is 0.820. The number of rotatable bonds is 5. The number of nitrogens with zero attached hydrogens (tertiary/aromatic N) is 1. The number of aliphatic hydroxyl groups is 1. The third kappa shape index (κ3) is 3.32. The second-order valence-electron chi connectivity index (χ2n) is 5.29. The van der Waals surface area contributed by atoms with Crippen LogP contribution in [0.4, 0.5) is 5.69 Å². The molecular formula is C18H15ClN2O3. The first-order valence-electron chi connectivity index (χ1n) is 7.40. The van der Waals surface area contributed by atoms with Crippen molar-refractivity contribution in [3.8, 4) is 11.1 Å². The van der Waals surface area contributed by atoms with Gasteiger partial charge in [0, 0.05) is 16.8 Å². The highest BCUT2D eigenvalue weighted by Gasteiger charge is 2.30. The van der Waals surface area contributed by atoms with Crippen molar-refractivity contribution in [1.29, 1.82) is 0 Å². The lowest BCUT2D eigenvalue weighted by molar-refractivity contribution is -0.137. The summed E-state index contributed by atoms with van der Waals surface area (Å²) in [5, 5.41) is 12.5. The summed E-state index contributed by atoms with van der Waals surface area (Å²) in [5.74, 6) is -0.871. The van der Waals surface area contributed by atoms with Crippen LogP contribution in [0, 0.1) is 0 Å². The Morgan fingerprint density at radius 3 is 2.46 bits per heavy atom. The molecule has 2 aromatic rings. The van der Waals surface area contributed by atoms with Gasteiger partial charge in [-0.25, -0.2) is 0 Å². The fraction of sp³-hybridized carbons (Fsp3) is 0.111. The smallest absolute Gasteiger partial charge is 0.277 e. The summed E-state index contributed by atoms with van der Waals surface area (Å²) in [6.07, 6.45) is 1.24. The maximum Gasteiger partial charge on any atom is 0.277 e. The highest BCUT2D eigenvalue weighted by molar-refractivity contribution is 6.30. The number of aliphatic hydroxyl groups excluding tert-OH is 1. The van der Waals surface area contributed by atoms with Crippen LogP contribution in [0.5, 0.6) is 0 Å². The molecule has 1 aliphatic rings. The van der Waals surface area contributed by atoms with Gasteiger partial charge < -0.3 is 10.4 Å². The molecule has 1 aliphatic heterocycles. The Hall–Kier alpha value is -2.63. The maximum atomic E-state index is 12.2. The van der Waals surface area contributed by atoms with Gasteiger partial charge in [0.2, 0.25) is 0 Å². The summed E-state index contributed by atoms with van der Waals surface area (Å²) in [5.41, 5.74) is 2.77. The Labute approximate surface area is 144 Å². The van der Waals surface area contributed by atoms with E-state index in [-0.39, 0.29) is 18.8 Å². The number of anilines is 1. The monoisotopic (exact) mass is 342 g/mol. The second-order valence-corrected chi connectivity index (χ2v) is 5.73. The lowest BCUT2D eigenvalue weighted by atomic mass is 10.1. The highest BCUT2D eigenvalue weighted by Crippen LogP contribution is 2.26. The molecule has 1 heterocycles. The molecule has 0 bridgehead atoms. The first-order chi connectivity index (χ1) is 11.6. The minimum absolute atomic E-state index is 0.0120. The molecule has 0 saturated carbocycles. The van der Waals surface area contributed by atoms with E-state index in [2.05, 4.69) is 5.32 Å². The first kappa shape index (κ1) is 16.2. The third-order valence-corrected chi connectivity index (χ3v) is 3.87. The maximum absolute atomic E-state index is 12.2. The van der Waals surface area contributed by atoms with Crippen molar-refractivity contribution in [1.82, 2.24) is 4.90 Å². The molecule has 0 radical (unpaired) electrons. The average Bonchev–Trinajstić information content (AvgIpc) is 2.83. The first-order valence-corrected chi connectivity index (χ1v) is 7.77. The fourth-order valence-corrected chi connectivity index (χ4v) is 2.70. The lowest BCUT2D eigenvalue weighted by Gasteiger charge is -2.13. The molecule has 0 spiro atoms. The summed E-state index contributed by atoms with van der Waals surface area (Å²) in [7, 11) is 0. The van der Waals surface area contributed by atoms with Crippen molar-refractivity contribution in [3.05, 3.63) is 65.3 Å². The average molecular weight is 343 g/mol. The van der Waals surface area contributed by atoms with E-state index in [1.807, 2.05) is 36.4 Å². The van der Waals surface area contributed by atoms with Crippen molar-refractivity contribution >= 4 is 29.1 Å². The molecule has 5 nitrogen and oxygen atoms in total. The zero-order chi connectivity index (χ0) is 17.1. The Morgan fingerprint density at radius 1 is 1.04 bits per heavy atom. The van der Waals surface area contributed by atoms with Gasteiger partial charge in [-0.15, -0.1) is 0 Å². The van der Waals surface area contributed by atoms with Crippen LogP contribution in [0.25, 0.3) is 11.1 Å². The predicted octanol–water partition coefficient (Wildman–Crippen LogP) is 2.66. The highest BCUT2D eigenvalue weighted by atomic mass is 35.5. The molecule has 2 amide bonds. The third-order valence-electron chi connectivity index (χ3n) is 3.63. The molecule has 0 atom stereocenters. The van der Waals surface area contributed by atoms with Crippen LogP contribution in [-0.2, 0) is 9.59 Å². The zero-order valence-corrected chi connectivity index (χ0v) is 13.5. The van der Waals surface area contributed by atoms with Crippen LogP contribution in [0.3, 0.4) is 0 Å². The molecule has 3 rings (SSSR count). The van der Waals surface area contributed by atoms with Crippen molar-refractivity contribution in [3.63, 3.8) is 0 Å². The van der Waals surface area contributed by atoms with Crippen LogP contribution in [0.1, 0.15) is 0 Å². The number of imide groups is 1. The zero-order valence-electron chi connectivity index (χ0n) is 12.7. The van der Waals surface area contributed by atoms with Crippen molar-refractivity contribution in [2.24, 2.45) is 0 Å². The number of carbonyl (C=O) groups is 2. The predicted molar refractivity (Wildman–Crippen MR) is 92.4 cm³/mol. The van der Waals surface area contributed by atoms with E-state index < -0.39 is 11.8 Å². The van der Waals surface area contributed by atoms with Gasteiger partial charge in [0.1, 0.15) is 5.70 Å². The molecular weight excluding hydrogens is 328 g/mol. The number of nitrogens with one attached hydrogen (secondary N) is 1. The number of carbonyl (C=O) groups excluding carboxylic acids is 2. The minimum atomic E-state index is -0.442. The van der Waals surface area contributed by atoms with Crippen LogP contribution in [-0.4, -0.2) is 35.0 Å². The molecule has 2 aromatic carbocycles.